The van der Waals surface area contributed by atoms with Crippen molar-refractivity contribution in [2.45, 2.75) is 72.4 Å². The molecule has 0 fully saturated rings. The van der Waals surface area contributed by atoms with Crippen LogP contribution in [-0.4, -0.2) is 44.6 Å². The molecule has 1 aromatic carbocycles. The van der Waals surface area contributed by atoms with E-state index < -0.39 is 0 Å². The van der Waals surface area contributed by atoms with Gasteiger partial charge in [0.2, 0.25) is 11.8 Å². The third-order valence-electron chi connectivity index (χ3n) is 5.69. The van der Waals surface area contributed by atoms with E-state index in [1.165, 1.54) is 0 Å². The van der Waals surface area contributed by atoms with E-state index in [0.29, 0.717) is 19.5 Å². The van der Waals surface area contributed by atoms with E-state index in [9.17, 15) is 9.59 Å². The van der Waals surface area contributed by atoms with Gasteiger partial charge in [0, 0.05) is 38.7 Å². The highest BCUT2D eigenvalue weighted by Gasteiger charge is 2.20. The van der Waals surface area contributed by atoms with E-state index in [2.05, 4.69) is 10.1 Å². The van der Waals surface area contributed by atoms with Gasteiger partial charge in [-0.3, -0.25) is 9.59 Å². The summed E-state index contributed by atoms with van der Waals surface area (Å²) in [5.41, 5.74) is 1.94. The standard InChI is InChI=1S/C23H33N5O2/c1-18-24-19(2)28(25-18)16-13-23(30)26-14-9-5-4-6-10-15-27(20(3)29)22-12-8-7-11-21(22)17-26/h7-8,11-12H,4-6,9-10,13-17H2,1-3H3. The zero-order chi connectivity index (χ0) is 21.5. The molecule has 0 bridgehead atoms. The topological polar surface area (TPSA) is 71.3 Å². The third kappa shape index (κ3) is 5.68. The van der Waals surface area contributed by atoms with Crippen LogP contribution in [0.4, 0.5) is 5.69 Å². The molecule has 1 aliphatic rings. The van der Waals surface area contributed by atoms with Crippen LogP contribution in [0.15, 0.2) is 24.3 Å². The zero-order valence-electron chi connectivity index (χ0n) is 18.4. The average Bonchev–Trinajstić information content (AvgIpc) is 3.03. The molecule has 0 spiro atoms. The second-order valence-corrected chi connectivity index (χ2v) is 8.06. The van der Waals surface area contributed by atoms with Gasteiger partial charge in [0.25, 0.3) is 0 Å². The lowest BCUT2D eigenvalue weighted by Gasteiger charge is -2.29. The van der Waals surface area contributed by atoms with Crippen molar-refractivity contribution in [1.29, 1.82) is 0 Å². The summed E-state index contributed by atoms with van der Waals surface area (Å²) < 4.78 is 1.80. The van der Waals surface area contributed by atoms with Crippen LogP contribution >= 0.6 is 0 Å². The number of amides is 2. The maximum atomic E-state index is 13.1. The van der Waals surface area contributed by atoms with Crippen LogP contribution in [0.2, 0.25) is 0 Å². The Bertz CT molecular complexity index is 876. The molecular weight excluding hydrogens is 378 g/mol. The summed E-state index contributed by atoms with van der Waals surface area (Å²) in [6.45, 7) is 7.91. The molecular formula is C23H33N5O2. The normalized spacial score (nSPS) is 15.8. The third-order valence-corrected chi connectivity index (χ3v) is 5.69. The van der Waals surface area contributed by atoms with Crippen molar-refractivity contribution in [3.63, 3.8) is 0 Å². The van der Waals surface area contributed by atoms with E-state index >= 15 is 0 Å². The van der Waals surface area contributed by atoms with Gasteiger partial charge in [0.1, 0.15) is 11.6 Å². The van der Waals surface area contributed by atoms with Gasteiger partial charge < -0.3 is 9.80 Å². The second-order valence-electron chi connectivity index (χ2n) is 8.06. The number of para-hydroxylation sites is 1. The van der Waals surface area contributed by atoms with Crippen molar-refractivity contribution in [1.82, 2.24) is 19.7 Å². The summed E-state index contributed by atoms with van der Waals surface area (Å²) in [5.74, 6) is 1.72. The van der Waals surface area contributed by atoms with Crippen LogP contribution < -0.4 is 4.90 Å². The Labute approximate surface area is 179 Å². The van der Waals surface area contributed by atoms with Crippen LogP contribution in [-0.2, 0) is 22.7 Å². The molecule has 1 aromatic heterocycles. The number of hydrogen-bond acceptors (Lipinski definition) is 4. The number of hydrogen-bond donors (Lipinski definition) is 0. The van der Waals surface area contributed by atoms with E-state index in [1.807, 2.05) is 47.9 Å². The smallest absolute Gasteiger partial charge is 0.224 e. The molecule has 2 heterocycles. The average molecular weight is 412 g/mol. The molecule has 2 amide bonds. The number of aryl methyl sites for hydroxylation is 3. The van der Waals surface area contributed by atoms with Crippen molar-refractivity contribution in [3.8, 4) is 0 Å². The van der Waals surface area contributed by atoms with Gasteiger partial charge in [-0.25, -0.2) is 9.67 Å². The van der Waals surface area contributed by atoms with Crippen molar-refractivity contribution < 1.29 is 9.59 Å². The Morgan fingerprint density at radius 3 is 2.40 bits per heavy atom. The van der Waals surface area contributed by atoms with Crippen molar-refractivity contribution in [2.24, 2.45) is 0 Å². The minimum absolute atomic E-state index is 0.0504. The Kier molecular flexibility index (Phi) is 7.60. The summed E-state index contributed by atoms with van der Waals surface area (Å²) in [5, 5.41) is 4.37. The number of carbonyl (C=O) groups is 2. The molecule has 3 rings (SSSR count). The number of anilines is 1. The molecule has 0 radical (unpaired) electrons. The highest BCUT2D eigenvalue weighted by molar-refractivity contribution is 5.92. The van der Waals surface area contributed by atoms with Gasteiger partial charge in [-0.15, -0.1) is 0 Å². The molecule has 0 saturated carbocycles. The van der Waals surface area contributed by atoms with Gasteiger partial charge in [-0.05, 0) is 38.3 Å². The first-order valence-corrected chi connectivity index (χ1v) is 11.0. The van der Waals surface area contributed by atoms with Crippen LogP contribution in [0.1, 0.15) is 62.7 Å². The van der Waals surface area contributed by atoms with Crippen LogP contribution in [0.5, 0.6) is 0 Å². The van der Waals surface area contributed by atoms with E-state index in [4.69, 9.17) is 0 Å². The van der Waals surface area contributed by atoms with Crippen LogP contribution in [0, 0.1) is 13.8 Å². The zero-order valence-corrected chi connectivity index (χ0v) is 18.4. The first kappa shape index (κ1) is 22.0. The van der Waals surface area contributed by atoms with Gasteiger partial charge >= 0.3 is 0 Å². The number of rotatable bonds is 3. The number of fused-ring (bicyclic) bond motifs is 1. The van der Waals surface area contributed by atoms with E-state index in [0.717, 1.165) is 68.1 Å². The van der Waals surface area contributed by atoms with Gasteiger partial charge in [0.15, 0.2) is 0 Å². The minimum atomic E-state index is 0.0504. The minimum Gasteiger partial charge on any atom is -0.338 e. The summed E-state index contributed by atoms with van der Waals surface area (Å²) in [6, 6.07) is 7.96. The SMILES string of the molecule is CC(=O)N1CCCCCCCN(C(=O)CCn2nc(C)nc2C)Cc2ccccc21. The maximum Gasteiger partial charge on any atom is 0.224 e. The molecule has 162 valence electrons. The number of aromatic nitrogens is 3. The van der Waals surface area contributed by atoms with Crippen molar-refractivity contribution in [3.05, 3.63) is 41.5 Å². The van der Waals surface area contributed by atoms with Gasteiger partial charge in [0.05, 0.1) is 6.54 Å². The predicted octanol–water partition coefficient (Wildman–Crippen LogP) is 3.63. The molecule has 0 aliphatic carbocycles. The number of benzene rings is 1. The highest BCUT2D eigenvalue weighted by atomic mass is 16.2. The molecule has 7 heteroatoms. The summed E-state index contributed by atoms with van der Waals surface area (Å²) in [4.78, 5) is 33.6. The molecule has 1 aliphatic heterocycles. The first-order chi connectivity index (χ1) is 14.5. The fourth-order valence-corrected chi connectivity index (χ4v) is 4.09. The summed E-state index contributed by atoms with van der Waals surface area (Å²) in [7, 11) is 0. The Hall–Kier alpha value is -2.70. The monoisotopic (exact) mass is 411 g/mol. The summed E-state index contributed by atoms with van der Waals surface area (Å²) >= 11 is 0. The first-order valence-electron chi connectivity index (χ1n) is 11.0. The molecule has 0 atom stereocenters. The quantitative estimate of drug-likeness (QED) is 0.773. The summed E-state index contributed by atoms with van der Waals surface area (Å²) in [6.07, 6.45) is 5.74. The molecule has 0 unspecified atom stereocenters. The van der Waals surface area contributed by atoms with E-state index in [-0.39, 0.29) is 11.8 Å². The van der Waals surface area contributed by atoms with Gasteiger partial charge in [-0.2, -0.15) is 5.10 Å². The Balaban J connectivity index is 1.79. The fraction of sp³-hybridized carbons (Fsp3) is 0.565. The molecule has 0 N–H and O–H groups in total. The maximum absolute atomic E-state index is 13.1. The molecule has 2 aromatic rings. The number of nitrogens with zero attached hydrogens (tertiary/aromatic N) is 5. The van der Waals surface area contributed by atoms with Crippen molar-refractivity contribution in [2.75, 3.05) is 18.0 Å². The molecule has 30 heavy (non-hydrogen) atoms. The lowest BCUT2D eigenvalue weighted by atomic mass is 10.1. The molecule has 0 saturated heterocycles. The second kappa shape index (κ2) is 10.4. The Morgan fingerprint density at radius 1 is 1.00 bits per heavy atom. The highest BCUT2D eigenvalue weighted by Crippen LogP contribution is 2.24. The van der Waals surface area contributed by atoms with E-state index in [1.54, 1.807) is 11.6 Å². The van der Waals surface area contributed by atoms with Crippen LogP contribution in [0.25, 0.3) is 0 Å². The predicted molar refractivity (Wildman–Crippen MR) is 117 cm³/mol. The Morgan fingerprint density at radius 2 is 1.70 bits per heavy atom. The largest absolute Gasteiger partial charge is 0.338 e. The fourth-order valence-electron chi connectivity index (χ4n) is 4.09. The lowest BCUT2D eigenvalue weighted by molar-refractivity contribution is -0.132. The van der Waals surface area contributed by atoms with Gasteiger partial charge in [-0.1, -0.05) is 37.5 Å². The van der Waals surface area contributed by atoms with Crippen molar-refractivity contribution >= 4 is 17.5 Å². The van der Waals surface area contributed by atoms with Crippen LogP contribution in [0.3, 0.4) is 0 Å². The molecule has 7 nitrogen and oxygen atoms in total. The number of carbonyl (C=O) groups excluding carboxylic acids is 2. The lowest BCUT2D eigenvalue weighted by Crippen LogP contribution is -2.35.